The largest absolute Gasteiger partial charge is 0.504 e. The molecule has 0 radical (unpaired) electrons. The number of rotatable bonds is 4. The van der Waals surface area contributed by atoms with Crippen LogP contribution in [-0.4, -0.2) is 28.5 Å². The van der Waals surface area contributed by atoms with Crippen molar-refractivity contribution < 1.29 is 15.0 Å². The molecule has 0 atom stereocenters. The maximum atomic E-state index is 12.1. The zero-order valence-electron chi connectivity index (χ0n) is 11.4. The highest BCUT2D eigenvalue weighted by Crippen LogP contribution is 2.36. The Morgan fingerprint density at radius 1 is 1.20 bits per heavy atom. The molecule has 20 heavy (non-hydrogen) atoms. The molecular weight excluding hydrogens is 278 g/mol. The van der Waals surface area contributed by atoms with Gasteiger partial charge in [0, 0.05) is 23.4 Å². The van der Waals surface area contributed by atoms with Gasteiger partial charge in [-0.3, -0.25) is 4.79 Å². The maximum Gasteiger partial charge on any atom is 0.251 e. The third-order valence-corrected chi connectivity index (χ3v) is 4.63. The van der Waals surface area contributed by atoms with Crippen LogP contribution in [0, 0.1) is 5.41 Å². The molecule has 110 valence electrons. The molecule has 4 nitrogen and oxygen atoms in total. The Labute approximate surface area is 123 Å². The van der Waals surface area contributed by atoms with Crippen LogP contribution in [0.1, 0.15) is 42.5 Å². The summed E-state index contributed by atoms with van der Waals surface area (Å²) in [6.45, 7) is 0.553. The van der Waals surface area contributed by atoms with Crippen molar-refractivity contribution in [3.8, 4) is 11.5 Å². The van der Waals surface area contributed by atoms with Crippen molar-refractivity contribution in [2.24, 2.45) is 5.41 Å². The number of carbonyl (C=O) groups excluding carboxylic acids is 1. The van der Waals surface area contributed by atoms with Crippen LogP contribution in [0.5, 0.6) is 11.5 Å². The summed E-state index contributed by atoms with van der Waals surface area (Å²) >= 11 is 6.09. The predicted molar refractivity (Wildman–Crippen MR) is 78.3 cm³/mol. The van der Waals surface area contributed by atoms with Crippen molar-refractivity contribution in [2.75, 3.05) is 12.4 Å². The number of aromatic hydroxyl groups is 2. The van der Waals surface area contributed by atoms with Gasteiger partial charge in [-0.15, -0.1) is 11.6 Å². The van der Waals surface area contributed by atoms with Gasteiger partial charge in [-0.25, -0.2) is 0 Å². The Hall–Kier alpha value is -1.42. The third-order valence-electron chi connectivity index (χ3n) is 4.06. The number of nitrogens with one attached hydrogen (secondary N) is 1. The van der Waals surface area contributed by atoms with Crippen LogP contribution in [0.3, 0.4) is 0 Å². The minimum Gasteiger partial charge on any atom is -0.504 e. The zero-order chi connectivity index (χ0) is 14.6. The third kappa shape index (κ3) is 3.37. The molecule has 1 fully saturated rings. The van der Waals surface area contributed by atoms with Crippen molar-refractivity contribution in [3.63, 3.8) is 0 Å². The molecular formula is C15H20ClNO3. The molecule has 1 amide bonds. The van der Waals surface area contributed by atoms with Gasteiger partial charge in [-0.05, 0) is 31.0 Å². The Morgan fingerprint density at radius 2 is 1.90 bits per heavy atom. The van der Waals surface area contributed by atoms with Crippen LogP contribution >= 0.6 is 11.6 Å². The average molecular weight is 298 g/mol. The number of benzene rings is 1. The van der Waals surface area contributed by atoms with E-state index in [1.807, 2.05) is 0 Å². The first kappa shape index (κ1) is 15.0. The lowest BCUT2D eigenvalue weighted by atomic mass is 9.75. The number of phenols is 2. The lowest BCUT2D eigenvalue weighted by Crippen LogP contribution is -2.40. The molecule has 0 unspecified atom stereocenters. The zero-order valence-corrected chi connectivity index (χ0v) is 12.1. The summed E-state index contributed by atoms with van der Waals surface area (Å²) in [6.07, 6.45) is 5.62. The van der Waals surface area contributed by atoms with Crippen molar-refractivity contribution >= 4 is 17.5 Å². The van der Waals surface area contributed by atoms with E-state index in [1.54, 1.807) is 0 Å². The Balaban J connectivity index is 1.98. The summed E-state index contributed by atoms with van der Waals surface area (Å²) in [7, 11) is 0. The van der Waals surface area contributed by atoms with Gasteiger partial charge in [0.25, 0.3) is 5.91 Å². The van der Waals surface area contributed by atoms with Crippen molar-refractivity contribution in [3.05, 3.63) is 23.8 Å². The van der Waals surface area contributed by atoms with Gasteiger partial charge in [-0.2, -0.15) is 0 Å². The van der Waals surface area contributed by atoms with Gasteiger partial charge in [0.2, 0.25) is 0 Å². The second kappa shape index (κ2) is 6.35. The van der Waals surface area contributed by atoms with E-state index in [9.17, 15) is 15.0 Å². The molecule has 3 N–H and O–H groups in total. The molecule has 1 aliphatic rings. The first-order chi connectivity index (χ1) is 9.56. The first-order valence-electron chi connectivity index (χ1n) is 6.92. The van der Waals surface area contributed by atoms with E-state index in [0.29, 0.717) is 18.0 Å². The van der Waals surface area contributed by atoms with Gasteiger partial charge >= 0.3 is 0 Å². The fourth-order valence-electron chi connectivity index (χ4n) is 2.69. The molecule has 0 saturated heterocycles. The van der Waals surface area contributed by atoms with Gasteiger partial charge in [0.1, 0.15) is 0 Å². The molecule has 0 aromatic heterocycles. The van der Waals surface area contributed by atoms with Gasteiger partial charge in [-0.1, -0.05) is 19.3 Å². The highest BCUT2D eigenvalue weighted by Gasteiger charge is 2.31. The standard InChI is InChI=1S/C15H20ClNO3/c16-9-15(6-2-1-3-7-15)10-17-14(20)11-4-5-12(18)13(19)8-11/h4-5,8,18-19H,1-3,6-7,9-10H2,(H,17,20). The monoisotopic (exact) mass is 297 g/mol. The van der Waals surface area contributed by atoms with E-state index in [4.69, 9.17) is 11.6 Å². The molecule has 1 aromatic rings. The second-order valence-corrected chi connectivity index (χ2v) is 5.85. The highest BCUT2D eigenvalue weighted by atomic mass is 35.5. The minimum absolute atomic E-state index is 0.00553. The number of alkyl halides is 1. The van der Waals surface area contributed by atoms with Gasteiger partial charge < -0.3 is 15.5 Å². The van der Waals surface area contributed by atoms with Gasteiger partial charge in [0.05, 0.1) is 0 Å². The number of carbonyl (C=O) groups is 1. The molecule has 0 spiro atoms. The summed E-state index contributed by atoms with van der Waals surface area (Å²) in [5.74, 6) is -0.225. The lowest BCUT2D eigenvalue weighted by molar-refractivity contribution is 0.0920. The van der Waals surface area contributed by atoms with Crippen molar-refractivity contribution in [1.82, 2.24) is 5.32 Å². The average Bonchev–Trinajstić information content (AvgIpc) is 2.48. The molecule has 1 aromatic carbocycles. The van der Waals surface area contributed by atoms with E-state index >= 15 is 0 Å². The fraction of sp³-hybridized carbons (Fsp3) is 0.533. The fourth-order valence-corrected chi connectivity index (χ4v) is 3.06. The van der Waals surface area contributed by atoms with Gasteiger partial charge in [0.15, 0.2) is 11.5 Å². The predicted octanol–water partition coefficient (Wildman–Crippen LogP) is 3.02. The molecule has 0 aliphatic heterocycles. The Morgan fingerprint density at radius 3 is 2.50 bits per heavy atom. The van der Waals surface area contributed by atoms with Crippen LogP contribution in [0.25, 0.3) is 0 Å². The van der Waals surface area contributed by atoms with Crippen LogP contribution in [0.4, 0.5) is 0 Å². The highest BCUT2D eigenvalue weighted by molar-refractivity contribution is 6.18. The number of halogens is 1. The van der Waals surface area contributed by atoms with Crippen molar-refractivity contribution in [1.29, 1.82) is 0 Å². The SMILES string of the molecule is O=C(NCC1(CCl)CCCCC1)c1ccc(O)c(O)c1. The maximum absolute atomic E-state index is 12.1. The Bertz CT molecular complexity index is 484. The van der Waals surface area contributed by atoms with E-state index in [1.165, 1.54) is 24.6 Å². The smallest absolute Gasteiger partial charge is 0.251 e. The van der Waals surface area contributed by atoms with E-state index in [2.05, 4.69) is 5.32 Å². The number of amides is 1. The van der Waals surface area contributed by atoms with E-state index < -0.39 is 0 Å². The molecule has 5 heteroatoms. The number of hydrogen-bond acceptors (Lipinski definition) is 3. The number of phenolic OH excluding ortho intramolecular Hbond substituents is 2. The topological polar surface area (TPSA) is 69.6 Å². The van der Waals surface area contributed by atoms with Crippen molar-refractivity contribution in [2.45, 2.75) is 32.1 Å². The molecule has 1 saturated carbocycles. The van der Waals surface area contributed by atoms with Crippen LogP contribution in [0.2, 0.25) is 0 Å². The Kier molecular flexibility index (Phi) is 4.76. The van der Waals surface area contributed by atoms with Crippen LogP contribution in [0.15, 0.2) is 18.2 Å². The number of hydrogen-bond donors (Lipinski definition) is 3. The first-order valence-corrected chi connectivity index (χ1v) is 7.46. The van der Waals surface area contributed by atoms with Crippen LogP contribution in [-0.2, 0) is 0 Å². The normalized spacial score (nSPS) is 17.6. The summed E-state index contributed by atoms with van der Waals surface area (Å²) in [6, 6.07) is 4.06. The summed E-state index contributed by atoms with van der Waals surface area (Å²) in [4.78, 5) is 12.1. The van der Waals surface area contributed by atoms with E-state index in [0.717, 1.165) is 25.7 Å². The molecule has 1 aliphatic carbocycles. The molecule has 2 rings (SSSR count). The van der Waals surface area contributed by atoms with E-state index in [-0.39, 0.29) is 22.8 Å². The minimum atomic E-state index is -0.289. The summed E-state index contributed by atoms with van der Waals surface area (Å²) in [5.41, 5.74) is 0.329. The summed E-state index contributed by atoms with van der Waals surface area (Å²) < 4.78 is 0. The van der Waals surface area contributed by atoms with Crippen LogP contribution < -0.4 is 5.32 Å². The summed E-state index contributed by atoms with van der Waals surface area (Å²) in [5, 5.41) is 21.5. The lowest BCUT2D eigenvalue weighted by Gasteiger charge is -2.35. The molecule has 0 bridgehead atoms. The molecule has 0 heterocycles. The quantitative estimate of drug-likeness (QED) is 0.591. The second-order valence-electron chi connectivity index (χ2n) is 5.58.